The van der Waals surface area contributed by atoms with Gasteiger partial charge < -0.3 is 10.6 Å². The first-order chi connectivity index (χ1) is 17.0. The minimum Gasteiger partial charge on any atom is -0.340 e. The molecule has 0 saturated carbocycles. The number of fused-ring (bicyclic) bond motifs is 2. The molecule has 2 aromatic carbocycles. The number of hydrogen-bond acceptors (Lipinski definition) is 6. The quantitative estimate of drug-likeness (QED) is 0.401. The van der Waals surface area contributed by atoms with Crippen molar-refractivity contribution in [3.8, 4) is 11.8 Å². The van der Waals surface area contributed by atoms with Crippen LogP contribution in [0.25, 0.3) is 10.8 Å². The zero-order valence-electron chi connectivity index (χ0n) is 19.7. The third-order valence-corrected chi connectivity index (χ3v) is 7.22. The van der Waals surface area contributed by atoms with Crippen LogP contribution in [-0.2, 0) is 20.0 Å². The van der Waals surface area contributed by atoms with Crippen LogP contribution in [-0.4, -0.2) is 30.5 Å². The summed E-state index contributed by atoms with van der Waals surface area (Å²) in [5.74, 6) is 5.74. The summed E-state index contributed by atoms with van der Waals surface area (Å²) in [5, 5.41) is 7.46. The standard InChI is InChI=1S/C27H21FN4O3S/c1-27(2)20-7-4-16(12-23(20)32-26(27)33)5-8-22-19-14-25(30-15-17(19)10-11-29-22)31-18-6-9-24(21(28)13-18)36(3,34)35/h4,6-7,9-15H,1-3H3,(H,30,31)(H,32,33). The smallest absolute Gasteiger partial charge is 0.234 e. The molecular weight excluding hydrogens is 479 g/mol. The van der Waals surface area contributed by atoms with Crippen LogP contribution >= 0.6 is 0 Å². The number of carbonyl (C=O) groups excluding carboxylic acids is 1. The van der Waals surface area contributed by atoms with Gasteiger partial charge in [0.2, 0.25) is 5.91 Å². The van der Waals surface area contributed by atoms with Gasteiger partial charge in [-0.2, -0.15) is 0 Å². The second-order valence-electron chi connectivity index (χ2n) is 9.08. The van der Waals surface area contributed by atoms with Crippen LogP contribution in [0.3, 0.4) is 0 Å². The largest absolute Gasteiger partial charge is 0.340 e. The number of hydrogen-bond donors (Lipinski definition) is 2. The van der Waals surface area contributed by atoms with Crippen molar-refractivity contribution in [3.05, 3.63) is 83.6 Å². The van der Waals surface area contributed by atoms with Gasteiger partial charge in [-0.1, -0.05) is 12.0 Å². The zero-order chi connectivity index (χ0) is 25.7. The molecule has 0 unspecified atom stereocenters. The Balaban J connectivity index is 1.46. The number of amides is 1. The lowest BCUT2D eigenvalue weighted by atomic mass is 9.86. The van der Waals surface area contributed by atoms with Crippen molar-refractivity contribution < 1.29 is 17.6 Å². The summed E-state index contributed by atoms with van der Waals surface area (Å²) >= 11 is 0. The van der Waals surface area contributed by atoms with Gasteiger partial charge in [-0.15, -0.1) is 0 Å². The van der Waals surface area contributed by atoms with E-state index in [2.05, 4.69) is 32.4 Å². The minimum absolute atomic E-state index is 0.0447. The van der Waals surface area contributed by atoms with Crippen LogP contribution in [0, 0.1) is 17.7 Å². The second-order valence-corrected chi connectivity index (χ2v) is 11.1. The maximum absolute atomic E-state index is 14.3. The van der Waals surface area contributed by atoms with Crippen LogP contribution in [0.4, 0.5) is 21.6 Å². The molecule has 0 aliphatic carbocycles. The topological polar surface area (TPSA) is 101 Å². The van der Waals surface area contributed by atoms with Crippen molar-refractivity contribution >= 4 is 43.7 Å². The fraction of sp³-hybridized carbons (Fsp3) is 0.148. The number of carbonyl (C=O) groups is 1. The number of benzene rings is 2. The highest BCUT2D eigenvalue weighted by atomic mass is 32.2. The number of pyridine rings is 2. The number of rotatable bonds is 3. The molecule has 2 N–H and O–H groups in total. The van der Waals surface area contributed by atoms with Gasteiger partial charge in [0, 0.05) is 46.4 Å². The van der Waals surface area contributed by atoms with E-state index in [1.807, 2.05) is 38.1 Å². The maximum atomic E-state index is 14.3. The lowest BCUT2D eigenvalue weighted by molar-refractivity contribution is -0.119. The van der Waals surface area contributed by atoms with Crippen molar-refractivity contribution in [2.45, 2.75) is 24.2 Å². The van der Waals surface area contributed by atoms with E-state index in [9.17, 15) is 17.6 Å². The minimum atomic E-state index is -3.66. The predicted octanol–water partition coefficient (Wildman–Crippen LogP) is 4.55. The lowest BCUT2D eigenvalue weighted by Crippen LogP contribution is -2.26. The molecule has 9 heteroatoms. The average molecular weight is 501 g/mol. The highest BCUT2D eigenvalue weighted by Crippen LogP contribution is 2.37. The van der Waals surface area contributed by atoms with Crippen molar-refractivity contribution in [3.63, 3.8) is 0 Å². The SMILES string of the molecule is CC1(C)C(=O)Nc2cc(C#Cc3nccc4cnc(Nc5ccc(S(C)(=O)=O)c(F)c5)cc34)ccc21. The fourth-order valence-corrected chi connectivity index (χ4v) is 4.79. The van der Waals surface area contributed by atoms with E-state index < -0.39 is 21.1 Å². The molecule has 1 amide bonds. The molecule has 0 spiro atoms. The van der Waals surface area contributed by atoms with Crippen molar-refractivity contribution in [1.82, 2.24) is 9.97 Å². The summed E-state index contributed by atoms with van der Waals surface area (Å²) in [6, 6.07) is 13.0. The number of nitrogens with zero attached hydrogens (tertiary/aromatic N) is 2. The van der Waals surface area contributed by atoms with Gasteiger partial charge in [0.05, 0.1) is 5.41 Å². The van der Waals surface area contributed by atoms with Gasteiger partial charge in [0.25, 0.3) is 0 Å². The number of nitrogens with one attached hydrogen (secondary N) is 2. The van der Waals surface area contributed by atoms with Gasteiger partial charge >= 0.3 is 0 Å². The van der Waals surface area contributed by atoms with Crippen LogP contribution in [0.5, 0.6) is 0 Å². The summed E-state index contributed by atoms with van der Waals surface area (Å²) in [7, 11) is -3.66. The third-order valence-electron chi connectivity index (χ3n) is 6.09. The molecule has 3 heterocycles. The average Bonchev–Trinajstić information content (AvgIpc) is 3.04. The van der Waals surface area contributed by atoms with Crippen molar-refractivity contribution in [1.29, 1.82) is 0 Å². The number of anilines is 3. The fourth-order valence-electron chi connectivity index (χ4n) is 4.06. The van der Waals surface area contributed by atoms with Crippen LogP contribution < -0.4 is 10.6 Å². The van der Waals surface area contributed by atoms with Gasteiger partial charge in [0.1, 0.15) is 22.2 Å². The predicted molar refractivity (Wildman–Crippen MR) is 136 cm³/mol. The van der Waals surface area contributed by atoms with E-state index in [4.69, 9.17) is 0 Å². The molecule has 2 aromatic heterocycles. The molecular formula is C27H21FN4O3S. The van der Waals surface area contributed by atoms with Gasteiger partial charge in [-0.25, -0.2) is 22.8 Å². The molecule has 0 bridgehead atoms. The second kappa shape index (κ2) is 8.43. The first-order valence-corrected chi connectivity index (χ1v) is 12.9. The Labute approximate surface area is 207 Å². The van der Waals surface area contributed by atoms with Crippen LogP contribution in [0.1, 0.15) is 30.7 Å². The summed E-state index contributed by atoms with van der Waals surface area (Å²) in [4.78, 5) is 20.6. The van der Waals surface area contributed by atoms with E-state index in [0.717, 1.165) is 39.9 Å². The first-order valence-electron chi connectivity index (χ1n) is 11.0. The van der Waals surface area contributed by atoms with E-state index in [0.29, 0.717) is 17.2 Å². The van der Waals surface area contributed by atoms with Crippen molar-refractivity contribution in [2.75, 3.05) is 16.9 Å². The Morgan fingerprint density at radius 2 is 1.83 bits per heavy atom. The highest BCUT2D eigenvalue weighted by molar-refractivity contribution is 7.90. The molecule has 1 aliphatic rings. The van der Waals surface area contributed by atoms with E-state index in [1.165, 1.54) is 12.1 Å². The maximum Gasteiger partial charge on any atom is 0.234 e. The molecule has 0 saturated heterocycles. The molecule has 4 aromatic rings. The van der Waals surface area contributed by atoms with Crippen LogP contribution in [0.2, 0.25) is 0 Å². The number of sulfone groups is 1. The van der Waals surface area contributed by atoms with E-state index >= 15 is 0 Å². The summed E-state index contributed by atoms with van der Waals surface area (Å²) < 4.78 is 37.6. The Kier molecular flexibility index (Phi) is 5.49. The van der Waals surface area contributed by atoms with E-state index in [1.54, 1.807) is 18.5 Å². The Hall–Kier alpha value is -4.29. The first kappa shape index (κ1) is 23.5. The summed E-state index contributed by atoms with van der Waals surface area (Å²) in [6.07, 6.45) is 4.25. The third kappa shape index (κ3) is 4.27. The Morgan fingerprint density at radius 1 is 1.03 bits per heavy atom. The number of halogens is 1. The summed E-state index contributed by atoms with van der Waals surface area (Å²) in [5.41, 5.74) is 2.73. The van der Waals surface area contributed by atoms with Gasteiger partial charge in [-0.05, 0) is 67.8 Å². The van der Waals surface area contributed by atoms with E-state index in [-0.39, 0.29) is 10.8 Å². The normalized spacial score (nSPS) is 14.1. The molecule has 5 rings (SSSR count). The number of aromatic nitrogens is 2. The van der Waals surface area contributed by atoms with Crippen LogP contribution in [0.15, 0.2) is 65.8 Å². The highest BCUT2D eigenvalue weighted by Gasteiger charge is 2.38. The zero-order valence-corrected chi connectivity index (χ0v) is 20.5. The lowest BCUT2D eigenvalue weighted by Gasteiger charge is -2.14. The molecule has 180 valence electrons. The Morgan fingerprint density at radius 3 is 2.58 bits per heavy atom. The van der Waals surface area contributed by atoms with Crippen molar-refractivity contribution in [2.24, 2.45) is 0 Å². The van der Waals surface area contributed by atoms with Gasteiger partial charge in [0.15, 0.2) is 9.84 Å². The summed E-state index contributed by atoms with van der Waals surface area (Å²) in [6.45, 7) is 3.77. The molecule has 0 fully saturated rings. The molecule has 0 radical (unpaired) electrons. The van der Waals surface area contributed by atoms with Gasteiger partial charge in [-0.3, -0.25) is 4.79 Å². The molecule has 1 aliphatic heterocycles. The molecule has 36 heavy (non-hydrogen) atoms. The molecule has 0 atom stereocenters. The molecule has 7 nitrogen and oxygen atoms in total. The monoisotopic (exact) mass is 500 g/mol. The Bertz CT molecular complexity index is 1740.